The lowest BCUT2D eigenvalue weighted by Gasteiger charge is -2.25. The molecule has 1 N–H and O–H groups in total. The Morgan fingerprint density at radius 1 is 1.29 bits per heavy atom. The number of hydrogen-bond donors (Lipinski definition) is 1. The summed E-state index contributed by atoms with van der Waals surface area (Å²) in [5.41, 5.74) is 1.18. The Morgan fingerprint density at radius 2 is 1.88 bits per heavy atom. The van der Waals surface area contributed by atoms with Crippen molar-refractivity contribution in [2.45, 2.75) is 26.7 Å². The van der Waals surface area contributed by atoms with Gasteiger partial charge in [0.05, 0.1) is 11.8 Å². The van der Waals surface area contributed by atoms with E-state index >= 15 is 0 Å². The molecule has 0 aliphatic rings. The van der Waals surface area contributed by atoms with Crippen molar-refractivity contribution in [1.82, 2.24) is 0 Å². The van der Waals surface area contributed by atoms with Gasteiger partial charge in [-0.2, -0.15) is 5.26 Å². The third-order valence-electron chi connectivity index (χ3n) is 2.62. The molecular weight excluding hydrogens is 344 g/mol. The number of halogens is 2. The van der Waals surface area contributed by atoms with Gasteiger partial charge >= 0.3 is 0 Å². The van der Waals surface area contributed by atoms with Crippen LogP contribution in [0, 0.1) is 16.7 Å². The van der Waals surface area contributed by atoms with Crippen LogP contribution < -0.4 is 5.32 Å². The summed E-state index contributed by atoms with van der Waals surface area (Å²) in [6.07, 6.45) is 1.50. The van der Waals surface area contributed by atoms with Crippen LogP contribution in [0.4, 0.5) is 5.69 Å². The Bertz CT molecular complexity index is 402. The van der Waals surface area contributed by atoms with Gasteiger partial charge in [-0.25, -0.2) is 0 Å². The molecule has 92 valence electrons. The van der Waals surface area contributed by atoms with Crippen LogP contribution in [0.2, 0.25) is 0 Å². The van der Waals surface area contributed by atoms with E-state index in [4.69, 9.17) is 5.26 Å². The van der Waals surface area contributed by atoms with Crippen molar-refractivity contribution in [1.29, 1.82) is 5.26 Å². The zero-order valence-electron chi connectivity index (χ0n) is 10.1. The molecule has 0 aromatic heterocycles. The van der Waals surface area contributed by atoms with Gasteiger partial charge in [0.2, 0.25) is 0 Å². The second-order valence-electron chi connectivity index (χ2n) is 4.77. The van der Waals surface area contributed by atoms with Crippen molar-refractivity contribution in [3.8, 4) is 6.07 Å². The van der Waals surface area contributed by atoms with Gasteiger partial charge in [0, 0.05) is 21.9 Å². The van der Waals surface area contributed by atoms with Crippen LogP contribution in [0.3, 0.4) is 0 Å². The highest BCUT2D eigenvalue weighted by atomic mass is 79.9. The summed E-state index contributed by atoms with van der Waals surface area (Å²) >= 11 is 7.05. The Kier molecular flexibility index (Phi) is 5.48. The van der Waals surface area contributed by atoms with E-state index in [1.165, 1.54) is 0 Å². The number of benzene rings is 1. The average molecular weight is 360 g/mol. The van der Waals surface area contributed by atoms with Crippen LogP contribution in [-0.4, -0.2) is 6.54 Å². The topological polar surface area (TPSA) is 35.8 Å². The molecule has 17 heavy (non-hydrogen) atoms. The zero-order chi connectivity index (χ0) is 12.9. The normalized spacial score (nSPS) is 11.0. The molecule has 0 fully saturated rings. The van der Waals surface area contributed by atoms with Gasteiger partial charge in [0.1, 0.15) is 0 Å². The van der Waals surface area contributed by atoms with Crippen LogP contribution in [0.15, 0.2) is 27.1 Å². The fourth-order valence-corrected chi connectivity index (χ4v) is 2.76. The van der Waals surface area contributed by atoms with E-state index < -0.39 is 0 Å². The SMILES string of the molecule is CC(C)(CCC#N)CNc1c(Br)cccc1Br. The number of hydrogen-bond acceptors (Lipinski definition) is 2. The first-order chi connectivity index (χ1) is 7.96. The Balaban J connectivity index is 2.64. The Morgan fingerprint density at radius 3 is 2.41 bits per heavy atom. The summed E-state index contributed by atoms with van der Waals surface area (Å²) in [7, 11) is 0. The zero-order valence-corrected chi connectivity index (χ0v) is 13.2. The third-order valence-corrected chi connectivity index (χ3v) is 3.94. The van der Waals surface area contributed by atoms with E-state index in [0.29, 0.717) is 6.42 Å². The van der Waals surface area contributed by atoms with Crippen molar-refractivity contribution in [2.24, 2.45) is 5.41 Å². The molecule has 1 aromatic rings. The lowest BCUT2D eigenvalue weighted by molar-refractivity contribution is 0.363. The number of nitrogens with one attached hydrogen (secondary N) is 1. The summed E-state index contributed by atoms with van der Waals surface area (Å²) in [6, 6.07) is 8.20. The molecule has 0 radical (unpaired) electrons. The summed E-state index contributed by atoms with van der Waals surface area (Å²) in [5, 5.41) is 12.0. The van der Waals surface area contributed by atoms with E-state index in [0.717, 1.165) is 27.6 Å². The minimum atomic E-state index is 0.116. The van der Waals surface area contributed by atoms with E-state index in [9.17, 15) is 0 Å². The molecule has 0 bridgehead atoms. The molecule has 0 heterocycles. The highest BCUT2D eigenvalue weighted by molar-refractivity contribution is 9.11. The van der Waals surface area contributed by atoms with Gasteiger partial charge < -0.3 is 5.32 Å². The minimum absolute atomic E-state index is 0.116. The van der Waals surface area contributed by atoms with Crippen LogP contribution >= 0.6 is 31.9 Å². The number of rotatable bonds is 5. The second-order valence-corrected chi connectivity index (χ2v) is 6.48. The number of anilines is 1. The number of nitriles is 1. The van der Waals surface area contributed by atoms with E-state index in [2.05, 4.69) is 57.1 Å². The average Bonchev–Trinajstić information content (AvgIpc) is 2.26. The summed E-state index contributed by atoms with van der Waals surface area (Å²) < 4.78 is 2.09. The molecule has 1 aromatic carbocycles. The van der Waals surface area contributed by atoms with Crippen molar-refractivity contribution in [3.63, 3.8) is 0 Å². The maximum absolute atomic E-state index is 8.62. The van der Waals surface area contributed by atoms with Crippen molar-refractivity contribution >= 4 is 37.5 Å². The molecule has 0 saturated carbocycles. The molecule has 0 spiro atoms. The first-order valence-corrected chi connectivity index (χ1v) is 7.10. The molecule has 0 atom stereocenters. The number of nitrogens with zero attached hydrogens (tertiary/aromatic N) is 1. The Hall–Kier alpha value is -0.530. The molecule has 0 aliphatic carbocycles. The smallest absolute Gasteiger partial charge is 0.0629 e. The van der Waals surface area contributed by atoms with Crippen molar-refractivity contribution in [3.05, 3.63) is 27.1 Å². The molecule has 4 heteroatoms. The molecule has 1 rings (SSSR count). The van der Waals surface area contributed by atoms with E-state index in [-0.39, 0.29) is 5.41 Å². The summed E-state index contributed by atoms with van der Waals surface area (Å²) in [5.74, 6) is 0. The molecule has 0 amide bonds. The highest BCUT2D eigenvalue weighted by Crippen LogP contribution is 2.32. The van der Waals surface area contributed by atoms with Crippen LogP contribution in [0.25, 0.3) is 0 Å². The fraction of sp³-hybridized carbons (Fsp3) is 0.462. The van der Waals surface area contributed by atoms with Gasteiger partial charge in [-0.3, -0.25) is 0 Å². The van der Waals surface area contributed by atoms with E-state index in [1.54, 1.807) is 0 Å². The monoisotopic (exact) mass is 358 g/mol. The molecule has 2 nitrogen and oxygen atoms in total. The Labute approximate surface area is 120 Å². The lowest BCUT2D eigenvalue weighted by Crippen LogP contribution is -2.23. The molecule has 0 saturated heterocycles. The lowest BCUT2D eigenvalue weighted by atomic mass is 9.88. The first kappa shape index (κ1) is 14.5. The van der Waals surface area contributed by atoms with Crippen molar-refractivity contribution in [2.75, 3.05) is 11.9 Å². The predicted octanol–water partition coefficient (Wildman–Crippen LogP) is 4.95. The molecular formula is C13H16Br2N2. The summed E-state index contributed by atoms with van der Waals surface area (Å²) in [4.78, 5) is 0. The largest absolute Gasteiger partial charge is 0.383 e. The maximum Gasteiger partial charge on any atom is 0.0629 e. The van der Waals surface area contributed by atoms with Gasteiger partial charge in [0.25, 0.3) is 0 Å². The maximum atomic E-state index is 8.62. The quantitative estimate of drug-likeness (QED) is 0.806. The van der Waals surface area contributed by atoms with Crippen molar-refractivity contribution < 1.29 is 0 Å². The standard InChI is InChI=1S/C13H16Br2N2/c1-13(2,7-4-8-16)9-17-12-10(14)5-3-6-11(12)15/h3,5-6,17H,4,7,9H2,1-2H3. The summed E-state index contributed by atoms with van der Waals surface area (Å²) in [6.45, 7) is 5.18. The van der Waals surface area contributed by atoms with Gasteiger partial charge in [0.15, 0.2) is 0 Å². The molecule has 0 aliphatic heterocycles. The number of para-hydroxylation sites is 1. The fourth-order valence-electron chi connectivity index (χ4n) is 1.48. The minimum Gasteiger partial charge on any atom is -0.383 e. The van der Waals surface area contributed by atoms with E-state index in [1.807, 2.05) is 18.2 Å². The molecule has 0 unspecified atom stereocenters. The van der Waals surface area contributed by atoms with Gasteiger partial charge in [-0.15, -0.1) is 0 Å². The van der Waals surface area contributed by atoms with Gasteiger partial charge in [-0.1, -0.05) is 19.9 Å². The van der Waals surface area contributed by atoms with Crippen LogP contribution in [0.1, 0.15) is 26.7 Å². The van der Waals surface area contributed by atoms with Gasteiger partial charge in [-0.05, 0) is 55.8 Å². The predicted molar refractivity (Wildman–Crippen MR) is 79.0 cm³/mol. The van der Waals surface area contributed by atoms with Crippen LogP contribution in [0.5, 0.6) is 0 Å². The first-order valence-electron chi connectivity index (χ1n) is 5.51. The highest BCUT2D eigenvalue weighted by Gasteiger charge is 2.18. The third kappa shape index (κ3) is 4.69. The van der Waals surface area contributed by atoms with Crippen LogP contribution in [-0.2, 0) is 0 Å². The second kappa shape index (κ2) is 6.42.